The van der Waals surface area contributed by atoms with Crippen molar-refractivity contribution in [2.24, 2.45) is 0 Å². The molecule has 3 rings (SSSR count). The van der Waals surface area contributed by atoms with Gasteiger partial charge < -0.3 is 0 Å². The van der Waals surface area contributed by atoms with E-state index in [4.69, 9.17) is 0 Å². The molecular weight excluding hydrogens is 398 g/mol. The Morgan fingerprint density at radius 1 is 0.905 bits per heavy atom. The molecule has 0 N–H and O–H groups in total. The maximum absolute atomic E-state index is 12.6. The molecular formula is C16H11Br2NO2. The van der Waals surface area contributed by atoms with Crippen molar-refractivity contribution in [3.05, 3.63) is 68.1 Å². The maximum atomic E-state index is 12.6. The van der Waals surface area contributed by atoms with E-state index in [1.807, 2.05) is 37.3 Å². The summed E-state index contributed by atoms with van der Waals surface area (Å²) in [6, 6.07) is 12.6. The average molecular weight is 409 g/mol. The Balaban J connectivity index is 2.04. The number of imide groups is 1. The summed E-state index contributed by atoms with van der Waals surface area (Å²) in [6.45, 7) is 1.86. The first kappa shape index (κ1) is 14.5. The van der Waals surface area contributed by atoms with Crippen LogP contribution in [0.25, 0.3) is 0 Å². The van der Waals surface area contributed by atoms with Crippen LogP contribution >= 0.6 is 31.9 Å². The fourth-order valence-electron chi connectivity index (χ4n) is 2.48. The van der Waals surface area contributed by atoms with Crippen LogP contribution in [0.4, 0.5) is 0 Å². The van der Waals surface area contributed by atoms with Crippen LogP contribution in [0.3, 0.4) is 0 Å². The molecule has 2 aromatic rings. The lowest BCUT2D eigenvalue weighted by Gasteiger charge is -2.22. The molecule has 5 heteroatoms. The van der Waals surface area contributed by atoms with Gasteiger partial charge >= 0.3 is 0 Å². The molecule has 0 saturated heterocycles. The average Bonchev–Trinajstić information content (AvgIpc) is 2.72. The van der Waals surface area contributed by atoms with Gasteiger partial charge in [0.2, 0.25) is 0 Å². The van der Waals surface area contributed by atoms with E-state index in [-0.39, 0.29) is 17.9 Å². The molecule has 21 heavy (non-hydrogen) atoms. The van der Waals surface area contributed by atoms with Crippen molar-refractivity contribution in [1.82, 2.24) is 4.90 Å². The van der Waals surface area contributed by atoms with Crippen molar-refractivity contribution in [2.75, 3.05) is 0 Å². The van der Waals surface area contributed by atoms with Gasteiger partial charge in [0, 0.05) is 8.95 Å². The number of rotatable bonds is 2. The lowest BCUT2D eigenvalue weighted by Crippen LogP contribution is -2.32. The Morgan fingerprint density at radius 2 is 1.38 bits per heavy atom. The molecule has 0 saturated carbocycles. The van der Waals surface area contributed by atoms with Crippen molar-refractivity contribution >= 4 is 43.7 Å². The fourth-order valence-corrected chi connectivity index (χ4v) is 3.17. The minimum Gasteiger partial charge on any atom is -0.269 e. The minimum absolute atomic E-state index is 0.250. The van der Waals surface area contributed by atoms with Gasteiger partial charge in [0.25, 0.3) is 11.8 Å². The Kier molecular flexibility index (Phi) is 3.71. The summed E-state index contributed by atoms with van der Waals surface area (Å²) >= 11 is 6.74. The molecule has 1 aliphatic rings. The second-order valence-electron chi connectivity index (χ2n) is 4.88. The van der Waals surface area contributed by atoms with Crippen LogP contribution in [0, 0.1) is 0 Å². The fraction of sp³-hybridized carbons (Fsp3) is 0.125. The summed E-state index contributed by atoms with van der Waals surface area (Å²) in [7, 11) is 0. The number of carbonyl (C=O) groups is 2. The molecule has 1 heterocycles. The van der Waals surface area contributed by atoms with Crippen molar-refractivity contribution < 1.29 is 9.59 Å². The van der Waals surface area contributed by atoms with Gasteiger partial charge in [-0.15, -0.1) is 0 Å². The zero-order valence-corrected chi connectivity index (χ0v) is 14.3. The standard InChI is InChI=1S/C16H11Br2NO2/c1-9(10-5-3-2-4-6-10)19-15(20)11-7-13(17)14(18)8-12(11)16(19)21/h2-9H,1H3/t9-/m0/s1. The smallest absolute Gasteiger partial charge is 0.262 e. The molecule has 0 aliphatic carbocycles. The number of nitrogens with zero attached hydrogens (tertiary/aromatic N) is 1. The van der Waals surface area contributed by atoms with Gasteiger partial charge in [-0.3, -0.25) is 14.5 Å². The maximum Gasteiger partial charge on any atom is 0.262 e. The molecule has 0 spiro atoms. The minimum atomic E-state index is -0.295. The summed E-state index contributed by atoms with van der Waals surface area (Å²) in [5, 5.41) is 0. The molecule has 106 valence electrons. The molecule has 1 atom stereocenters. The van der Waals surface area contributed by atoms with E-state index in [1.165, 1.54) is 4.90 Å². The molecule has 3 nitrogen and oxygen atoms in total. The Hall–Kier alpha value is -1.46. The SMILES string of the molecule is C[C@@H](c1ccccc1)N1C(=O)c2cc(Br)c(Br)cc2C1=O. The Morgan fingerprint density at radius 3 is 1.86 bits per heavy atom. The molecule has 0 bridgehead atoms. The first-order valence-corrected chi connectivity index (χ1v) is 8.01. The summed E-state index contributed by atoms with van der Waals surface area (Å²) < 4.78 is 1.52. The van der Waals surface area contributed by atoms with Gasteiger partial charge in [-0.05, 0) is 56.5 Å². The molecule has 0 fully saturated rings. The number of benzene rings is 2. The van der Waals surface area contributed by atoms with Gasteiger partial charge in [-0.2, -0.15) is 0 Å². The van der Waals surface area contributed by atoms with E-state index < -0.39 is 0 Å². The summed E-state index contributed by atoms with van der Waals surface area (Å²) in [6.07, 6.45) is 0. The number of carbonyl (C=O) groups excluding carboxylic acids is 2. The van der Waals surface area contributed by atoms with Crippen LogP contribution in [0.15, 0.2) is 51.4 Å². The number of amides is 2. The highest BCUT2D eigenvalue weighted by Crippen LogP contribution is 2.35. The first-order valence-electron chi connectivity index (χ1n) is 6.42. The van der Waals surface area contributed by atoms with E-state index in [1.54, 1.807) is 12.1 Å². The van der Waals surface area contributed by atoms with Crippen molar-refractivity contribution in [2.45, 2.75) is 13.0 Å². The summed E-state index contributed by atoms with van der Waals surface area (Å²) in [5.74, 6) is -0.501. The highest BCUT2D eigenvalue weighted by molar-refractivity contribution is 9.13. The highest BCUT2D eigenvalue weighted by Gasteiger charge is 2.39. The molecule has 0 unspecified atom stereocenters. The van der Waals surface area contributed by atoms with Crippen LogP contribution < -0.4 is 0 Å². The van der Waals surface area contributed by atoms with Gasteiger partial charge in [0.15, 0.2) is 0 Å². The third-order valence-corrected chi connectivity index (χ3v) is 5.47. The third kappa shape index (κ3) is 2.34. The Bertz CT molecular complexity index is 702. The number of hydrogen-bond donors (Lipinski definition) is 0. The van der Waals surface area contributed by atoms with Crippen molar-refractivity contribution in [3.8, 4) is 0 Å². The largest absolute Gasteiger partial charge is 0.269 e. The van der Waals surface area contributed by atoms with E-state index in [2.05, 4.69) is 31.9 Å². The quantitative estimate of drug-likeness (QED) is 0.682. The lowest BCUT2D eigenvalue weighted by atomic mass is 10.1. The zero-order valence-electron chi connectivity index (χ0n) is 11.1. The van der Waals surface area contributed by atoms with Crippen LogP contribution in [0.5, 0.6) is 0 Å². The number of halogens is 2. The van der Waals surface area contributed by atoms with Gasteiger partial charge in [0.1, 0.15) is 0 Å². The predicted octanol–water partition coefficient (Wildman–Crippen LogP) is 4.57. The van der Waals surface area contributed by atoms with E-state index in [0.29, 0.717) is 11.1 Å². The highest BCUT2D eigenvalue weighted by atomic mass is 79.9. The lowest BCUT2D eigenvalue weighted by molar-refractivity contribution is 0.0595. The van der Waals surface area contributed by atoms with Crippen molar-refractivity contribution in [1.29, 1.82) is 0 Å². The van der Waals surface area contributed by atoms with Crippen LogP contribution in [-0.2, 0) is 0 Å². The molecule has 0 radical (unpaired) electrons. The predicted molar refractivity (Wildman–Crippen MR) is 87.2 cm³/mol. The van der Waals surface area contributed by atoms with Crippen LogP contribution in [-0.4, -0.2) is 16.7 Å². The molecule has 0 aromatic heterocycles. The zero-order chi connectivity index (χ0) is 15.1. The summed E-state index contributed by atoms with van der Waals surface area (Å²) in [5.41, 5.74) is 1.82. The second kappa shape index (κ2) is 5.39. The number of hydrogen-bond acceptors (Lipinski definition) is 2. The van der Waals surface area contributed by atoms with E-state index in [9.17, 15) is 9.59 Å². The molecule has 1 aliphatic heterocycles. The summed E-state index contributed by atoms with van der Waals surface area (Å²) in [4.78, 5) is 26.4. The van der Waals surface area contributed by atoms with Gasteiger partial charge in [-0.1, -0.05) is 30.3 Å². The third-order valence-electron chi connectivity index (χ3n) is 3.63. The topological polar surface area (TPSA) is 37.4 Å². The monoisotopic (exact) mass is 407 g/mol. The van der Waals surface area contributed by atoms with E-state index in [0.717, 1.165) is 14.5 Å². The molecule has 2 aromatic carbocycles. The Labute approximate surface area is 139 Å². The van der Waals surface area contributed by atoms with Crippen molar-refractivity contribution in [3.63, 3.8) is 0 Å². The first-order chi connectivity index (χ1) is 10.0. The molecule has 2 amide bonds. The van der Waals surface area contributed by atoms with Crippen LogP contribution in [0.2, 0.25) is 0 Å². The van der Waals surface area contributed by atoms with Gasteiger partial charge in [0.05, 0.1) is 17.2 Å². The van der Waals surface area contributed by atoms with Gasteiger partial charge in [-0.25, -0.2) is 0 Å². The number of fused-ring (bicyclic) bond motifs is 1. The van der Waals surface area contributed by atoms with Crippen LogP contribution in [0.1, 0.15) is 39.2 Å². The van der Waals surface area contributed by atoms with E-state index >= 15 is 0 Å². The normalized spacial score (nSPS) is 15.3. The second-order valence-corrected chi connectivity index (χ2v) is 6.59.